The number of carbonyl (C=O) groups excluding carboxylic acids is 1. The van der Waals surface area contributed by atoms with Gasteiger partial charge in [-0.05, 0) is 18.4 Å². The summed E-state index contributed by atoms with van der Waals surface area (Å²) in [7, 11) is 0. The normalized spacial score (nSPS) is 28.3. The molecule has 2 saturated heterocycles. The Kier molecular flexibility index (Phi) is 5.08. The summed E-state index contributed by atoms with van der Waals surface area (Å²) in [6, 6.07) is 9.77. The molecule has 3 aliphatic rings. The van der Waals surface area contributed by atoms with Gasteiger partial charge in [-0.2, -0.15) is 4.98 Å². The highest BCUT2D eigenvalue weighted by Crippen LogP contribution is 2.65. The molecule has 1 spiro atoms. The Labute approximate surface area is 200 Å². The van der Waals surface area contributed by atoms with Crippen LogP contribution in [0.4, 0.5) is 5.95 Å². The van der Waals surface area contributed by atoms with Gasteiger partial charge in [-0.25, -0.2) is 4.98 Å². The minimum absolute atomic E-state index is 0.0273. The lowest BCUT2D eigenvalue weighted by Gasteiger charge is -2.37. The number of H-pyrrole nitrogens is 1. The molecule has 11 nitrogen and oxygen atoms in total. The number of nitrogens with one attached hydrogen (secondary N) is 2. The molecule has 1 unspecified atom stereocenters. The molecule has 35 heavy (non-hydrogen) atoms. The van der Waals surface area contributed by atoms with Gasteiger partial charge in [0.2, 0.25) is 11.9 Å². The minimum atomic E-state index is -1.04. The fraction of sp³-hybridized carbons (Fsp3) is 0.500. The van der Waals surface area contributed by atoms with E-state index in [1.54, 1.807) is 18.4 Å². The molecule has 11 heteroatoms. The van der Waals surface area contributed by atoms with E-state index in [2.05, 4.69) is 20.3 Å². The molecule has 6 rings (SSSR count). The van der Waals surface area contributed by atoms with Gasteiger partial charge in [0.1, 0.15) is 17.8 Å². The van der Waals surface area contributed by atoms with Crippen molar-refractivity contribution in [1.82, 2.24) is 19.5 Å². The molecule has 2 bridgehead atoms. The predicted molar refractivity (Wildman–Crippen MR) is 123 cm³/mol. The lowest BCUT2D eigenvalue weighted by molar-refractivity contribution is -0.235. The van der Waals surface area contributed by atoms with E-state index in [9.17, 15) is 14.7 Å². The van der Waals surface area contributed by atoms with E-state index >= 15 is 0 Å². The van der Waals surface area contributed by atoms with E-state index in [0.717, 1.165) is 18.4 Å². The van der Waals surface area contributed by atoms with Crippen LogP contribution in [0.5, 0.6) is 0 Å². The van der Waals surface area contributed by atoms with E-state index in [-0.39, 0.29) is 35.5 Å². The van der Waals surface area contributed by atoms with Gasteiger partial charge in [-0.15, -0.1) is 0 Å². The van der Waals surface area contributed by atoms with Crippen molar-refractivity contribution in [2.24, 2.45) is 5.92 Å². The second-order valence-corrected chi connectivity index (χ2v) is 9.73. The zero-order valence-corrected chi connectivity index (χ0v) is 19.4. The quantitative estimate of drug-likeness (QED) is 0.461. The maximum atomic E-state index is 12.6. The first-order valence-corrected chi connectivity index (χ1v) is 11.8. The van der Waals surface area contributed by atoms with Gasteiger partial charge in [0.05, 0.1) is 19.5 Å². The topological polar surface area (TPSA) is 141 Å². The first kappa shape index (κ1) is 22.4. The number of ether oxygens (including phenoxy) is 3. The Hall–Kier alpha value is -3.12. The number of amides is 1. The predicted octanol–water partition coefficient (Wildman–Crippen LogP) is 1.49. The van der Waals surface area contributed by atoms with Crippen LogP contribution in [-0.2, 0) is 25.6 Å². The summed E-state index contributed by atoms with van der Waals surface area (Å²) in [4.78, 5) is 36.0. The molecule has 3 aromatic rings. The lowest BCUT2D eigenvalue weighted by Crippen LogP contribution is -2.53. The lowest BCUT2D eigenvalue weighted by atomic mass is 9.91. The Morgan fingerprint density at radius 3 is 2.77 bits per heavy atom. The Morgan fingerprint density at radius 1 is 1.31 bits per heavy atom. The summed E-state index contributed by atoms with van der Waals surface area (Å²) in [5.41, 5.74) is -0.746. The molecule has 3 fully saturated rings. The van der Waals surface area contributed by atoms with Crippen LogP contribution in [-0.4, -0.2) is 60.5 Å². The van der Waals surface area contributed by atoms with Gasteiger partial charge in [0, 0.05) is 5.92 Å². The summed E-state index contributed by atoms with van der Waals surface area (Å²) in [6.45, 7) is 3.56. The van der Waals surface area contributed by atoms with Crippen LogP contribution < -0.4 is 10.9 Å². The number of aromatic amines is 1. The molecule has 1 saturated carbocycles. The van der Waals surface area contributed by atoms with Crippen LogP contribution in [0.3, 0.4) is 0 Å². The van der Waals surface area contributed by atoms with Crippen LogP contribution >= 0.6 is 0 Å². The van der Waals surface area contributed by atoms with Crippen molar-refractivity contribution in [3.8, 4) is 0 Å². The van der Waals surface area contributed by atoms with Crippen molar-refractivity contribution in [2.75, 3.05) is 11.9 Å². The van der Waals surface area contributed by atoms with E-state index < -0.39 is 35.2 Å². The molecule has 2 aliphatic heterocycles. The number of imidazole rings is 1. The maximum absolute atomic E-state index is 12.6. The molecule has 4 heterocycles. The van der Waals surface area contributed by atoms with Crippen LogP contribution in [0, 0.1) is 5.92 Å². The summed E-state index contributed by atoms with van der Waals surface area (Å²) in [5.74, 6) is -0.535. The first-order valence-electron chi connectivity index (χ1n) is 11.8. The minimum Gasteiger partial charge on any atom is -0.393 e. The highest BCUT2D eigenvalue weighted by atomic mass is 16.7. The number of nitrogens with zero attached hydrogens (tertiary/aromatic N) is 3. The van der Waals surface area contributed by atoms with Gasteiger partial charge in [-0.3, -0.25) is 24.5 Å². The van der Waals surface area contributed by atoms with Crippen molar-refractivity contribution in [1.29, 1.82) is 0 Å². The number of fused-ring (bicyclic) bond motifs is 4. The largest absolute Gasteiger partial charge is 0.393 e. The molecule has 184 valence electrons. The fourth-order valence-electron chi connectivity index (χ4n) is 5.17. The number of anilines is 1. The Morgan fingerprint density at radius 2 is 2.09 bits per heavy atom. The molecule has 1 aromatic carbocycles. The third-order valence-corrected chi connectivity index (χ3v) is 7.19. The molecule has 1 amide bonds. The first-order chi connectivity index (χ1) is 16.9. The summed E-state index contributed by atoms with van der Waals surface area (Å²) >= 11 is 0. The van der Waals surface area contributed by atoms with Crippen LogP contribution in [0.1, 0.15) is 38.5 Å². The molecule has 2 aromatic heterocycles. The monoisotopic (exact) mass is 481 g/mol. The zero-order chi connectivity index (χ0) is 24.4. The smallest absolute Gasteiger partial charge is 0.280 e. The number of hydrogen-bond donors (Lipinski definition) is 3. The second kappa shape index (κ2) is 7.95. The Bertz CT molecular complexity index is 1330. The SMILES string of the molecule is CC(C)C(=O)Nc1nc2c(ncn2[C@@H]2O[C@]3(CO)[C@H](OCc4ccccc4)C2OC32CC2)c(=O)[nH]1. The van der Waals surface area contributed by atoms with Crippen LogP contribution in [0.15, 0.2) is 41.5 Å². The van der Waals surface area contributed by atoms with E-state index in [0.29, 0.717) is 6.61 Å². The zero-order valence-electron chi connectivity index (χ0n) is 19.4. The molecule has 1 aliphatic carbocycles. The van der Waals surface area contributed by atoms with E-state index in [1.807, 2.05) is 30.3 Å². The number of hydrogen-bond acceptors (Lipinski definition) is 8. The van der Waals surface area contributed by atoms with Crippen molar-refractivity contribution in [3.05, 3.63) is 52.6 Å². The highest BCUT2D eigenvalue weighted by Gasteiger charge is 2.79. The third-order valence-electron chi connectivity index (χ3n) is 7.19. The third kappa shape index (κ3) is 3.33. The van der Waals surface area contributed by atoms with E-state index in [4.69, 9.17) is 14.2 Å². The summed E-state index contributed by atoms with van der Waals surface area (Å²) in [5, 5.41) is 13.1. The second-order valence-electron chi connectivity index (χ2n) is 9.73. The molecule has 0 radical (unpaired) electrons. The average Bonchev–Trinajstić information content (AvgIpc) is 3.27. The fourth-order valence-corrected chi connectivity index (χ4v) is 5.17. The molecule has 3 N–H and O–H groups in total. The van der Waals surface area contributed by atoms with Gasteiger partial charge < -0.3 is 19.3 Å². The van der Waals surface area contributed by atoms with Gasteiger partial charge in [0.25, 0.3) is 5.56 Å². The molecule has 4 atom stereocenters. The maximum Gasteiger partial charge on any atom is 0.280 e. The number of carbonyl (C=O) groups is 1. The average molecular weight is 482 g/mol. The van der Waals surface area contributed by atoms with Gasteiger partial charge in [-0.1, -0.05) is 44.2 Å². The van der Waals surface area contributed by atoms with Gasteiger partial charge >= 0.3 is 0 Å². The summed E-state index contributed by atoms with van der Waals surface area (Å²) < 4.78 is 20.9. The number of benzene rings is 1. The summed E-state index contributed by atoms with van der Waals surface area (Å²) in [6.07, 6.45) is 1.22. The van der Waals surface area contributed by atoms with Crippen LogP contribution in [0.25, 0.3) is 11.2 Å². The molecular formula is C24H27N5O6. The van der Waals surface area contributed by atoms with Crippen molar-refractivity contribution < 1.29 is 24.1 Å². The van der Waals surface area contributed by atoms with Crippen LogP contribution in [0.2, 0.25) is 0 Å². The number of aromatic nitrogens is 4. The standard InChI is InChI=1S/C24H27N5O6/c1-13(2)19(31)27-22-26-18-15(20(32)28-22)25-12-29(18)21-16-17(33-10-14-6-4-3-5-7-14)24(11-30,35-21)23(34-16)8-9-23/h3-7,12-13,16-17,21,30H,8-11H2,1-2H3,(H2,26,27,28,31,32)/t16?,17-,21-,24-/m1/s1. The van der Waals surface area contributed by atoms with Crippen molar-refractivity contribution >= 4 is 23.0 Å². The highest BCUT2D eigenvalue weighted by molar-refractivity contribution is 5.91. The number of aliphatic hydroxyl groups is 1. The van der Waals surface area contributed by atoms with Crippen molar-refractivity contribution in [2.45, 2.75) is 62.9 Å². The molecular weight excluding hydrogens is 454 g/mol. The van der Waals surface area contributed by atoms with Crippen molar-refractivity contribution in [3.63, 3.8) is 0 Å². The van der Waals surface area contributed by atoms with Gasteiger partial charge in [0.15, 0.2) is 23.0 Å². The number of aliphatic hydroxyl groups excluding tert-OH is 1. The van der Waals surface area contributed by atoms with E-state index in [1.165, 1.54) is 6.33 Å². The number of rotatable bonds is 7. The Balaban J connectivity index is 1.35.